The Morgan fingerprint density at radius 2 is 2.10 bits per heavy atom. The molecular formula is C15H20BrNO3. The molecule has 1 aromatic rings. The SMILES string of the molecule is COc1ccc(C(=O)NCC2(CCBr)CC2)c(OC)c1. The van der Waals surface area contributed by atoms with Crippen molar-refractivity contribution in [3.63, 3.8) is 0 Å². The third kappa shape index (κ3) is 3.45. The molecule has 0 aromatic heterocycles. The monoisotopic (exact) mass is 341 g/mol. The number of alkyl halides is 1. The predicted molar refractivity (Wildman–Crippen MR) is 82.0 cm³/mol. The van der Waals surface area contributed by atoms with Crippen molar-refractivity contribution in [3.8, 4) is 11.5 Å². The number of carbonyl (C=O) groups is 1. The summed E-state index contributed by atoms with van der Waals surface area (Å²) in [5.74, 6) is 1.12. The molecule has 1 aromatic carbocycles. The average Bonchev–Trinajstić information content (AvgIpc) is 3.24. The number of hydrogen-bond donors (Lipinski definition) is 1. The van der Waals surface area contributed by atoms with Gasteiger partial charge in [-0.2, -0.15) is 0 Å². The second kappa shape index (κ2) is 6.48. The fourth-order valence-electron chi connectivity index (χ4n) is 2.24. The van der Waals surface area contributed by atoms with Gasteiger partial charge in [0.1, 0.15) is 11.5 Å². The van der Waals surface area contributed by atoms with Crippen LogP contribution in [0.25, 0.3) is 0 Å². The minimum absolute atomic E-state index is 0.0923. The summed E-state index contributed by atoms with van der Waals surface area (Å²) in [6.07, 6.45) is 3.49. The van der Waals surface area contributed by atoms with Gasteiger partial charge in [0.05, 0.1) is 19.8 Å². The molecule has 0 atom stereocenters. The van der Waals surface area contributed by atoms with E-state index < -0.39 is 0 Å². The normalized spacial score (nSPS) is 15.6. The second-order valence-electron chi connectivity index (χ2n) is 5.19. The molecule has 0 aliphatic heterocycles. The molecule has 110 valence electrons. The quantitative estimate of drug-likeness (QED) is 0.775. The molecular weight excluding hydrogens is 322 g/mol. The maximum Gasteiger partial charge on any atom is 0.255 e. The standard InChI is InChI=1S/C15H20BrNO3/c1-19-11-3-4-12(13(9-11)20-2)14(18)17-10-15(5-6-15)7-8-16/h3-4,9H,5-8,10H2,1-2H3,(H,17,18). The van der Waals surface area contributed by atoms with Crippen molar-refractivity contribution in [2.75, 3.05) is 26.1 Å². The summed E-state index contributed by atoms with van der Waals surface area (Å²) in [6, 6.07) is 5.22. The Balaban J connectivity index is 2.02. The van der Waals surface area contributed by atoms with Gasteiger partial charge in [-0.3, -0.25) is 4.79 Å². The first-order valence-electron chi connectivity index (χ1n) is 6.70. The van der Waals surface area contributed by atoms with E-state index in [9.17, 15) is 4.79 Å². The highest BCUT2D eigenvalue weighted by atomic mass is 79.9. The van der Waals surface area contributed by atoms with Gasteiger partial charge in [-0.15, -0.1) is 0 Å². The molecule has 4 nitrogen and oxygen atoms in total. The van der Waals surface area contributed by atoms with Crippen LogP contribution in [0.1, 0.15) is 29.6 Å². The zero-order valence-corrected chi connectivity index (χ0v) is 13.5. The topological polar surface area (TPSA) is 47.6 Å². The summed E-state index contributed by atoms with van der Waals surface area (Å²) in [5, 5.41) is 4.00. The first kappa shape index (κ1) is 15.2. The van der Waals surface area contributed by atoms with Crippen LogP contribution in [0.2, 0.25) is 0 Å². The number of amides is 1. The smallest absolute Gasteiger partial charge is 0.255 e. The van der Waals surface area contributed by atoms with Crippen LogP contribution in [0.15, 0.2) is 18.2 Å². The maximum atomic E-state index is 12.3. The van der Waals surface area contributed by atoms with Crippen LogP contribution in [-0.4, -0.2) is 32.0 Å². The molecule has 0 radical (unpaired) electrons. The number of ether oxygens (including phenoxy) is 2. The number of rotatable bonds is 7. The molecule has 0 bridgehead atoms. The molecule has 20 heavy (non-hydrogen) atoms. The highest BCUT2D eigenvalue weighted by Crippen LogP contribution is 2.48. The third-order valence-electron chi connectivity index (χ3n) is 3.86. The van der Waals surface area contributed by atoms with Crippen LogP contribution in [-0.2, 0) is 0 Å². The number of halogens is 1. The molecule has 5 heteroatoms. The Morgan fingerprint density at radius 3 is 2.65 bits per heavy atom. The fraction of sp³-hybridized carbons (Fsp3) is 0.533. The van der Waals surface area contributed by atoms with E-state index in [0.29, 0.717) is 22.5 Å². The van der Waals surface area contributed by atoms with Gasteiger partial charge < -0.3 is 14.8 Å². The molecule has 1 aliphatic carbocycles. The van der Waals surface area contributed by atoms with Crippen molar-refractivity contribution in [2.24, 2.45) is 5.41 Å². The van der Waals surface area contributed by atoms with E-state index in [1.165, 1.54) is 12.8 Å². The highest BCUT2D eigenvalue weighted by molar-refractivity contribution is 9.09. The van der Waals surface area contributed by atoms with Gasteiger partial charge in [-0.1, -0.05) is 15.9 Å². The van der Waals surface area contributed by atoms with Gasteiger partial charge in [0.25, 0.3) is 5.91 Å². The fourth-order valence-corrected chi connectivity index (χ4v) is 3.08. The van der Waals surface area contributed by atoms with Crippen molar-refractivity contribution in [3.05, 3.63) is 23.8 Å². The van der Waals surface area contributed by atoms with Gasteiger partial charge in [0.15, 0.2) is 0 Å². The molecule has 1 aliphatic rings. The van der Waals surface area contributed by atoms with Crippen molar-refractivity contribution < 1.29 is 14.3 Å². The minimum Gasteiger partial charge on any atom is -0.497 e. The van der Waals surface area contributed by atoms with E-state index in [1.54, 1.807) is 32.4 Å². The van der Waals surface area contributed by atoms with Gasteiger partial charge >= 0.3 is 0 Å². The Bertz CT molecular complexity index is 486. The summed E-state index contributed by atoms with van der Waals surface area (Å²) in [5.41, 5.74) is 0.849. The highest BCUT2D eigenvalue weighted by Gasteiger charge is 2.41. The second-order valence-corrected chi connectivity index (χ2v) is 5.98. The lowest BCUT2D eigenvalue weighted by Gasteiger charge is -2.16. The number of nitrogens with one attached hydrogen (secondary N) is 1. The zero-order valence-electron chi connectivity index (χ0n) is 11.9. The zero-order chi connectivity index (χ0) is 14.6. The van der Waals surface area contributed by atoms with Crippen LogP contribution in [0.5, 0.6) is 11.5 Å². The number of benzene rings is 1. The molecule has 1 saturated carbocycles. The van der Waals surface area contributed by atoms with Crippen molar-refractivity contribution in [1.29, 1.82) is 0 Å². The summed E-state index contributed by atoms with van der Waals surface area (Å²) >= 11 is 3.47. The van der Waals surface area contributed by atoms with E-state index in [2.05, 4.69) is 21.2 Å². The third-order valence-corrected chi connectivity index (χ3v) is 4.26. The lowest BCUT2D eigenvalue weighted by Crippen LogP contribution is -2.30. The molecule has 0 saturated heterocycles. The van der Waals surface area contributed by atoms with Gasteiger partial charge in [-0.05, 0) is 36.8 Å². The van der Waals surface area contributed by atoms with Crippen LogP contribution in [0, 0.1) is 5.41 Å². The number of methoxy groups -OCH3 is 2. The summed E-state index contributed by atoms with van der Waals surface area (Å²) < 4.78 is 10.4. The first-order chi connectivity index (χ1) is 9.64. The number of hydrogen-bond acceptors (Lipinski definition) is 3. The Hall–Kier alpha value is -1.23. The van der Waals surface area contributed by atoms with Crippen molar-refractivity contribution in [1.82, 2.24) is 5.32 Å². The predicted octanol–water partition coefficient (Wildman–Crippen LogP) is 3.00. The van der Waals surface area contributed by atoms with Gasteiger partial charge in [0.2, 0.25) is 0 Å². The molecule has 1 N–H and O–H groups in total. The molecule has 1 fully saturated rings. The summed E-state index contributed by atoms with van der Waals surface area (Å²) in [4.78, 5) is 12.3. The van der Waals surface area contributed by atoms with Crippen molar-refractivity contribution >= 4 is 21.8 Å². The molecule has 2 rings (SSSR count). The van der Waals surface area contributed by atoms with E-state index in [4.69, 9.17) is 9.47 Å². The van der Waals surface area contributed by atoms with E-state index in [-0.39, 0.29) is 5.91 Å². The van der Waals surface area contributed by atoms with Crippen LogP contribution >= 0.6 is 15.9 Å². The van der Waals surface area contributed by atoms with Crippen molar-refractivity contribution in [2.45, 2.75) is 19.3 Å². The van der Waals surface area contributed by atoms with Crippen LogP contribution < -0.4 is 14.8 Å². The maximum absolute atomic E-state index is 12.3. The first-order valence-corrected chi connectivity index (χ1v) is 7.82. The Labute approximate surface area is 128 Å². The lowest BCUT2D eigenvalue weighted by molar-refractivity contribution is 0.0941. The van der Waals surface area contributed by atoms with E-state index >= 15 is 0 Å². The molecule has 1 amide bonds. The molecule has 0 spiro atoms. The molecule has 0 heterocycles. The van der Waals surface area contributed by atoms with E-state index in [1.807, 2.05) is 0 Å². The van der Waals surface area contributed by atoms with Crippen LogP contribution in [0.3, 0.4) is 0 Å². The van der Waals surface area contributed by atoms with Crippen LogP contribution in [0.4, 0.5) is 0 Å². The Kier molecular flexibility index (Phi) is 4.91. The Morgan fingerprint density at radius 1 is 1.35 bits per heavy atom. The minimum atomic E-state index is -0.0923. The average molecular weight is 342 g/mol. The lowest BCUT2D eigenvalue weighted by atomic mass is 10.0. The largest absolute Gasteiger partial charge is 0.497 e. The van der Waals surface area contributed by atoms with Gasteiger partial charge in [0, 0.05) is 17.9 Å². The number of carbonyl (C=O) groups excluding carboxylic acids is 1. The summed E-state index contributed by atoms with van der Waals surface area (Å²) in [7, 11) is 3.14. The summed E-state index contributed by atoms with van der Waals surface area (Å²) in [6.45, 7) is 0.729. The molecule has 0 unspecified atom stereocenters. The van der Waals surface area contributed by atoms with Gasteiger partial charge in [-0.25, -0.2) is 0 Å². The van der Waals surface area contributed by atoms with E-state index in [0.717, 1.165) is 18.3 Å².